The van der Waals surface area contributed by atoms with Crippen LogP contribution in [0.2, 0.25) is 0 Å². The maximum Gasteiger partial charge on any atom is 0.0783 e. The lowest BCUT2D eigenvalue weighted by molar-refractivity contribution is 1.25. The Kier molecular flexibility index (Phi) is 4.26. The molecule has 0 bridgehead atoms. The molecule has 0 N–H and O–H groups in total. The van der Waals surface area contributed by atoms with Gasteiger partial charge in [-0.2, -0.15) is 0 Å². The highest BCUT2D eigenvalue weighted by molar-refractivity contribution is 6.17. The lowest BCUT2D eigenvalue weighted by Crippen LogP contribution is -1.97. The molecule has 22 heavy (non-hydrogen) atoms. The summed E-state index contributed by atoms with van der Waals surface area (Å²) >= 11 is 6.21. The van der Waals surface area contributed by atoms with Gasteiger partial charge in [-0.15, -0.1) is 11.6 Å². The van der Waals surface area contributed by atoms with Crippen LogP contribution in [0.25, 0.3) is 22.4 Å². The largest absolute Gasteiger partial charge is 0.256 e. The first kappa shape index (κ1) is 14.8. The number of hydrogen-bond donors (Lipinski definition) is 0. The number of hydrogen-bond acceptors (Lipinski definition) is 1. The Balaban J connectivity index is 2.32. The van der Waals surface area contributed by atoms with E-state index >= 15 is 0 Å². The number of benzene rings is 2. The number of aryl methyl sites for hydroxylation is 1. The lowest BCUT2D eigenvalue weighted by Gasteiger charge is -2.16. The van der Waals surface area contributed by atoms with Crippen LogP contribution >= 0.6 is 11.6 Å². The van der Waals surface area contributed by atoms with Gasteiger partial charge in [0.2, 0.25) is 0 Å². The smallest absolute Gasteiger partial charge is 0.0783 e. The lowest BCUT2D eigenvalue weighted by atomic mass is 9.91. The van der Waals surface area contributed by atoms with Crippen LogP contribution in [0.15, 0.2) is 60.8 Å². The second-order valence-corrected chi connectivity index (χ2v) is 5.71. The highest BCUT2D eigenvalue weighted by atomic mass is 35.5. The van der Waals surface area contributed by atoms with Crippen molar-refractivity contribution in [1.82, 2.24) is 4.98 Å². The zero-order valence-electron chi connectivity index (χ0n) is 12.8. The molecule has 0 aliphatic carbocycles. The molecule has 1 heterocycles. The van der Waals surface area contributed by atoms with Gasteiger partial charge in [-0.3, -0.25) is 4.98 Å². The monoisotopic (exact) mass is 307 g/mol. The Morgan fingerprint density at radius 1 is 0.909 bits per heavy atom. The second kappa shape index (κ2) is 6.33. The van der Waals surface area contributed by atoms with E-state index in [4.69, 9.17) is 11.6 Å². The van der Waals surface area contributed by atoms with Crippen LogP contribution in [-0.2, 0) is 5.88 Å². The average Bonchev–Trinajstić information content (AvgIpc) is 2.57. The molecule has 0 saturated carbocycles. The average molecular weight is 308 g/mol. The third-order valence-electron chi connectivity index (χ3n) is 4.10. The highest BCUT2D eigenvalue weighted by Gasteiger charge is 2.15. The van der Waals surface area contributed by atoms with Crippen LogP contribution in [0.3, 0.4) is 0 Å². The van der Waals surface area contributed by atoms with Crippen molar-refractivity contribution in [2.75, 3.05) is 0 Å². The molecular formula is C20H18ClN. The van der Waals surface area contributed by atoms with Gasteiger partial charge in [0, 0.05) is 23.2 Å². The number of rotatable bonds is 3. The van der Waals surface area contributed by atoms with Gasteiger partial charge >= 0.3 is 0 Å². The summed E-state index contributed by atoms with van der Waals surface area (Å²) in [7, 11) is 0. The fourth-order valence-corrected chi connectivity index (χ4v) is 2.97. The molecule has 1 nitrogen and oxygen atoms in total. The van der Waals surface area contributed by atoms with E-state index in [2.05, 4.69) is 49.2 Å². The van der Waals surface area contributed by atoms with Crippen molar-refractivity contribution in [2.45, 2.75) is 19.7 Å². The van der Waals surface area contributed by atoms with Crippen LogP contribution < -0.4 is 0 Å². The molecule has 2 heteroatoms. The maximum absolute atomic E-state index is 6.21. The predicted molar refractivity (Wildman–Crippen MR) is 94.1 cm³/mol. The Bertz CT molecular complexity index is 794. The maximum atomic E-state index is 6.21. The highest BCUT2D eigenvalue weighted by Crippen LogP contribution is 2.36. The van der Waals surface area contributed by atoms with Crippen LogP contribution in [0.1, 0.15) is 16.7 Å². The summed E-state index contributed by atoms with van der Waals surface area (Å²) in [6.45, 7) is 4.29. The third-order valence-corrected chi connectivity index (χ3v) is 4.39. The molecule has 0 atom stereocenters. The van der Waals surface area contributed by atoms with Gasteiger partial charge in [0.05, 0.1) is 5.69 Å². The summed E-state index contributed by atoms with van der Waals surface area (Å²) in [5.74, 6) is 0.477. The first-order chi connectivity index (χ1) is 10.7. The van der Waals surface area contributed by atoms with Crippen LogP contribution in [-0.4, -0.2) is 4.98 Å². The van der Waals surface area contributed by atoms with Gasteiger partial charge in [-0.25, -0.2) is 0 Å². The number of aromatic nitrogens is 1. The molecule has 2 aromatic carbocycles. The van der Waals surface area contributed by atoms with Crippen molar-refractivity contribution in [3.05, 3.63) is 77.5 Å². The van der Waals surface area contributed by atoms with Crippen LogP contribution in [0.5, 0.6) is 0 Å². The topological polar surface area (TPSA) is 12.9 Å². The van der Waals surface area contributed by atoms with E-state index in [0.29, 0.717) is 5.88 Å². The van der Waals surface area contributed by atoms with Gasteiger partial charge in [-0.05, 0) is 42.2 Å². The zero-order chi connectivity index (χ0) is 15.5. The fraction of sp³-hybridized carbons (Fsp3) is 0.150. The minimum Gasteiger partial charge on any atom is -0.256 e. The fourth-order valence-electron chi connectivity index (χ4n) is 2.75. The molecule has 0 unspecified atom stereocenters. The normalized spacial score (nSPS) is 10.7. The van der Waals surface area contributed by atoms with Gasteiger partial charge in [0.1, 0.15) is 0 Å². The number of alkyl halides is 1. The number of nitrogens with zero attached hydrogens (tertiary/aromatic N) is 1. The van der Waals surface area contributed by atoms with E-state index in [1.807, 2.05) is 30.5 Å². The van der Waals surface area contributed by atoms with E-state index in [1.54, 1.807) is 0 Å². The molecule has 110 valence electrons. The van der Waals surface area contributed by atoms with Gasteiger partial charge in [0.15, 0.2) is 0 Å². The summed E-state index contributed by atoms with van der Waals surface area (Å²) in [5.41, 5.74) is 8.13. The van der Waals surface area contributed by atoms with Crippen molar-refractivity contribution in [3.8, 4) is 22.4 Å². The van der Waals surface area contributed by atoms with E-state index in [9.17, 15) is 0 Å². The van der Waals surface area contributed by atoms with E-state index < -0.39 is 0 Å². The SMILES string of the molecule is Cc1cccc(-c2c(CCl)ccnc2-c2ccccc2)c1C. The van der Waals surface area contributed by atoms with E-state index in [1.165, 1.54) is 16.7 Å². The molecule has 0 aliphatic heterocycles. The zero-order valence-corrected chi connectivity index (χ0v) is 13.6. The van der Waals surface area contributed by atoms with Crippen LogP contribution in [0.4, 0.5) is 0 Å². The molecule has 0 fully saturated rings. The minimum absolute atomic E-state index is 0.477. The van der Waals surface area contributed by atoms with E-state index in [-0.39, 0.29) is 0 Å². The Labute approximate surface area is 136 Å². The molecular weight excluding hydrogens is 290 g/mol. The molecule has 0 radical (unpaired) electrons. The summed E-state index contributed by atoms with van der Waals surface area (Å²) in [5, 5.41) is 0. The molecule has 1 aromatic heterocycles. The molecule has 0 spiro atoms. The van der Waals surface area contributed by atoms with Gasteiger partial charge in [-0.1, -0.05) is 48.5 Å². The molecule has 0 saturated heterocycles. The van der Waals surface area contributed by atoms with E-state index in [0.717, 1.165) is 22.4 Å². The third kappa shape index (κ3) is 2.65. The van der Waals surface area contributed by atoms with Gasteiger partial charge < -0.3 is 0 Å². The second-order valence-electron chi connectivity index (χ2n) is 5.44. The quantitative estimate of drug-likeness (QED) is 0.560. The Morgan fingerprint density at radius 2 is 1.68 bits per heavy atom. The van der Waals surface area contributed by atoms with Crippen LogP contribution in [0, 0.1) is 13.8 Å². The molecule has 0 amide bonds. The minimum atomic E-state index is 0.477. The molecule has 3 aromatic rings. The summed E-state index contributed by atoms with van der Waals surface area (Å²) < 4.78 is 0. The summed E-state index contributed by atoms with van der Waals surface area (Å²) in [4.78, 5) is 4.65. The van der Waals surface area contributed by atoms with Crippen molar-refractivity contribution < 1.29 is 0 Å². The number of halogens is 1. The predicted octanol–water partition coefficient (Wildman–Crippen LogP) is 5.77. The van der Waals surface area contributed by atoms with Crippen molar-refractivity contribution in [2.24, 2.45) is 0 Å². The molecule has 0 aliphatic rings. The summed E-state index contributed by atoms with van der Waals surface area (Å²) in [6, 6.07) is 18.7. The standard InChI is InChI=1S/C20H18ClN/c1-14-7-6-10-18(15(14)2)19-17(13-21)11-12-22-20(19)16-8-4-3-5-9-16/h3-12H,13H2,1-2H3. The summed E-state index contributed by atoms with van der Waals surface area (Å²) in [6.07, 6.45) is 1.84. The van der Waals surface area contributed by atoms with Crippen molar-refractivity contribution >= 4 is 11.6 Å². The van der Waals surface area contributed by atoms with Gasteiger partial charge in [0.25, 0.3) is 0 Å². The van der Waals surface area contributed by atoms with Crippen molar-refractivity contribution in [3.63, 3.8) is 0 Å². The van der Waals surface area contributed by atoms with Crippen molar-refractivity contribution in [1.29, 1.82) is 0 Å². The first-order valence-electron chi connectivity index (χ1n) is 7.38. The number of pyridine rings is 1. The Morgan fingerprint density at radius 3 is 2.41 bits per heavy atom. The molecule has 3 rings (SSSR count). The Hall–Kier alpha value is -2.12. The first-order valence-corrected chi connectivity index (χ1v) is 7.91.